The predicted molar refractivity (Wildman–Crippen MR) is 135 cm³/mol. The monoisotopic (exact) mass is 444 g/mol. The highest BCUT2D eigenvalue weighted by Crippen LogP contribution is 2.29. The molecule has 1 aromatic heterocycles. The number of hydrogen-bond acceptors (Lipinski definition) is 4. The molecule has 5 nitrogen and oxygen atoms in total. The molecule has 0 fully saturated rings. The molecule has 1 heterocycles. The number of aromatic nitrogens is 2. The quantitative estimate of drug-likeness (QED) is 0.364. The molecule has 0 spiro atoms. The number of fused-ring (bicyclic) bond motifs is 1. The van der Waals surface area contributed by atoms with Gasteiger partial charge < -0.3 is 5.32 Å². The van der Waals surface area contributed by atoms with Crippen LogP contribution in [0.2, 0.25) is 0 Å². The molecule has 0 atom stereocenters. The molecule has 4 aromatic rings. The second kappa shape index (κ2) is 9.98. The SMILES string of the molecule is C#CCCc1ccc2nc(C(=O)Nc3cccc(C#N)c3)nc(-c3ccc(C(C)C)cc3)c2c1. The lowest BCUT2D eigenvalue weighted by atomic mass is 9.98. The highest BCUT2D eigenvalue weighted by Gasteiger charge is 2.16. The minimum Gasteiger partial charge on any atom is -0.319 e. The summed E-state index contributed by atoms with van der Waals surface area (Å²) >= 11 is 0. The van der Waals surface area contributed by atoms with Gasteiger partial charge >= 0.3 is 0 Å². The summed E-state index contributed by atoms with van der Waals surface area (Å²) in [7, 11) is 0. The van der Waals surface area contributed by atoms with Gasteiger partial charge in [-0.05, 0) is 53.8 Å². The highest BCUT2D eigenvalue weighted by atomic mass is 16.2. The average Bonchev–Trinajstić information content (AvgIpc) is 2.86. The number of anilines is 1. The van der Waals surface area contributed by atoms with Crippen molar-refractivity contribution in [2.75, 3.05) is 5.32 Å². The summed E-state index contributed by atoms with van der Waals surface area (Å²) in [6.45, 7) is 4.30. The Morgan fingerprint density at radius 3 is 2.56 bits per heavy atom. The van der Waals surface area contributed by atoms with Gasteiger partial charge in [-0.2, -0.15) is 5.26 Å². The summed E-state index contributed by atoms with van der Waals surface area (Å²) in [5, 5.41) is 12.8. The third-order valence-corrected chi connectivity index (χ3v) is 5.62. The smallest absolute Gasteiger partial charge is 0.293 e. The Morgan fingerprint density at radius 2 is 1.85 bits per heavy atom. The van der Waals surface area contributed by atoms with Crippen LogP contribution in [-0.2, 0) is 6.42 Å². The van der Waals surface area contributed by atoms with Crippen LogP contribution in [0.1, 0.15) is 53.5 Å². The van der Waals surface area contributed by atoms with Crippen LogP contribution in [0.5, 0.6) is 0 Å². The van der Waals surface area contributed by atoms with E-state index in [0.29, 0.717) is 34.8 Å². The van der Waals surface area contributed by atoms with E-state index in [1.807, 2.05) is 24.3 Å². The third kappa shape index (κ3) is 4.95. The van der Waals surface area contributed by atoms with Crippen molar-refractivity contribution in [1.29, 1.82) is 5.26 Å². The zero-order valence-electron chi connectivity index (χ0n) is 19.2. The fraction of sp³-hybridized carbons (Fsp3) is 0.172. The van der Waals surface area contributed by atoms with Gasteiger partial charge in [-0.25, -0.2) is 9.97 Å². The summed E-state index contributed by atoms with van der Waals surface area (Å²) in [4.78, 5) is 22.3. The van der Waals surface area contributed by atoms with Gasteiger partial charge in [-0.1, -0.05) is 50.2 Å². The van der Waals surface area contributed by atoms with Crippen LogP contribution in [0, 0.1) is 23.7 Å². The standard InChI is InChI=1S/C29H24N4O/c1-4-5-7-20-10-15-26-25(17-20)27(23-13-11-22(12-14-23)19(2)3)33-28(32-26)29(34)31-24-9-6-8-21(16-24)18-30/h1,6,8-17,19H,5,7H2,2-3H3,(H,31,34). The van der Waals surface area contributed by atoms with Crippen LogP contribution in [0.3, 0.4) is 0 Å². The fourth-order valence-electron chi connectivity index (χ4n) is 3.75. The van der Waals surface area contributed by atoms with Gasteiger partial charge in [0.05, 0.1) is 22.8 Å². The minimum absolute atomic E-state index is 0.0640. The molecule has 1 amide bonds. The maximum absolute atomic E-state index is 13.1. The van der Waals surface area contributed by atoms with Crippen LogP contribution in [0.4, 0.5) is 5.69 Å². The lowest BCUT2D eigenvalue weighted by Crippen LogP contribution is -2.16. The third-order valence-electron chi connectivity index (χ3n) is 5.62. The lowest BCUT2D eigenvalue weighted by molar-refractivity contribution is 0.101. The summed E-state index contributed by atoms with van der Waals surface area (Å²) in [6.07, 6.45) is 6.85. The largest absolute Gasteiger partial charge is 0.319 e. The van der Waals surface area contributed by atoms with Gasteiger partial charge in [0.25, 0.3) is 5.91 Å². The van der Waals surface area contributed by atoms with Gasteiger partial charge in [0, 0.05) is 23.1 Å². The van der Waals surface area contributed by atoms with E-state index in [1.165, 1.54) is 5.56 Å². The first-order valence-corrected chi connectivity index (χ1v) is 11.1. The van der Waals surface area contributed by atoms with Crippen LogP contribution < -0.4 is 5.32 Å². The summed E-state index contributed by atoms with van der Waals surface area (Å²) in [6, 6.07) is 23.0. The number of carbonyl (C=O) groups is 1. The van der Waals surface area contributed by atoms with Crippen molar-refractivity contribution in [3.8, 4) is 29.7 Å². The van der Waals surface area contributed by atoms with E-state index in [2.05, 4.69) is 59.3 Å². The van der Waals surface area contributed by atoms with Crippen molar-refractivity contribution < 1.29 is 4.79 Å². The first-order chi connectivity index (χ1) is 16.5. The Morgan fingerprint density at radius 1 is 1.06 bits per heavy atom. The number of carbonyl (C=O) groups excluding carboxylic acids is 1. The zero-order chi connectivity index (χ0) is 24.1. The molecule has 3 aromatic carbocycles. The summed E-state index contributed by atoms with van der Waals surface area (Å²) in [5.41, 5.74) is 5.58. The number of terminal acetylenes is 1. The van der Waals surface area contributed by atoms with E-state index in [1.54, 1.807) is 24.3 Å². The van der Waals surface area contributed by atoms with Gasteiger partial charge in [0.15, 0.2) is 0 Å². The summed E-state index contributed by atoms with van der Waals surface area (Å²) < 4.78 is 0. The molecule has 0 radical (unpaired) electrons. The van der Waals surface area contributed by atoms with Crippen molar-refractivity contribution in [2.45, 2.75) is 32.6 Å². The first kappa shape index (κ1) is 22.7. The maximum Gasteiger partial charge on any atom is 0.293 e. The normalized spacial score (nSPS) is 10.6. The van der Waals surface area contributed by atoms with E-state index in [9.17, 15) is 4.79 Å². The molecule has 0 bridgehead atoms. The molecular weight excluding hydrogens is 420 g/mol. The Labute approximate surface area is 199 Å². The van der Waals surface area contributed by atoms with E-state index >= 15 is 0 Å². The molecule has 0 unspecified atom stereocenters. The molecule has 0 aliphatic heterocycles. The number of rotatable bonds is 6. The number of hydrogen-bond donors (Lipinski definition) is 1. The number of amides is 1. The van der Waals surface area contributed by atoms with Crippen molar-refractivity contribution >= 4 is 22.5 Å². The van der Waals surface area contributed by atoms with Crippen LogP contribution in [0.25, 0.3) is 22.2 Å². The molecule has 166 valence electrons. The van der Waals surface area contributed by atoms with Crippen molar-refractivity contribution in [3.05, 3.63) is 89.2 Å². The number of nitrogens with zero attached hydrogens (tertiary/aromatic N) is 3. The molecule has 4 rings (SSSR count). The molecule has 0 aliphatic rings. The topological polar surface area (TPSA) is 78.7 Å². The molecule has 0 saturated heterocycles. The van der Waals surface area contributed by atoms with E-state index < -0.39 is 5.91 Å². The molecule has 0 aliphatic carbocycles. The van der Waals surface area contributed by atoms with E-state index in [-0.39, 0.29) is 5.82 Å². The first-order valence-electron chi connectivity index (χ1n) is 11.1. The zero-order valence-corrected chi connectivity index (χ0v) is 19.2. The molecule has 5 heteroatoms. The molecular formula is C29H24N4O. The predicted octanol–water partition coefficient (Wildman–Crippen LogP) is 6.11. The van der Waals surface area contributed by atoms with Gasteiger partial charge in [0.1, 0.15) is 0 Å². The van der Waals surface area contributed by atoms with Crippen molar-refractivity contribution in [1.82, 2.24) is 9.97 Å². The molecule has 0 saturated carbocycles. The molecule has 34 heavy (non-hydrogen) atoms. The highest BCUT2D eigenvalue weighted by molar-refractivity contribution is 6.04. The average molecular weight is 445 g/mol. The Balaban J connectivity index is 1.79. The van der Waals surface area contributed by atoms with E-state index in [4.69, 9.17) is 11.7 Å². The van der Waals surface area contributed by atoms with E-state index in [0.717, 1.165) is 22.9 Å². The Hall–Kier alpha value is -4.48. The lowest BCUT2D eigenvalue weighted by Gasteiger charge is -2.12. The van der Waals surface area contributed by atoms with Gasteiger partial charge in [0.2, 0.25) is 5.82 Å². The molecule has 1 N–H and O–H groups in total. The van der Waals surface area contributed by atoms with Crippen LogP contribution in [0.15, 0.2) is 66.7 Å². The maximum atomic E-state index is 13.1. The number of nitriles is 1. The van der Waals surface area contributed by atoms with Crippen molar-refractivity contribution in [3.63, 3.8) is 0 Å². The van der Waals surface area contributed by atoms with Gasteiger partial charge in [-0.15, -0.1) is 12.3 Å². The number of benzene rings is 3. The van der Waals surface area contributed by atoms with Crippen molar-refractivity contribution in [2.24, 2.45) is 0 Å². The number of nitrogens with one attached hydrogen (secondary N) is 1. The Bertz CT molecular complexity index is 1440. The number of aryl methyl sites for hydroxylation is 1. The second-order valence-electron chi connectivity index (χ2n) is 8.37. The second-order valence-corrected chi connectivity index (χ2v) is 8.37. The Kier molecular flexibility index (Phi) is 6.67. The van der Waals surface area contributed by atoms with Crippen LogP contribution >= 0.6 is 0 Å². The van der Waals surface area contributed by atoms with Gasteiger partial charge in [-0.3, -0.25) is 4.79 Å². The summed E-state index contributed by atoms with van der Waals surface area (Å²) in [5.74, 6) is 2.72. The van der Waals surface area contributed by atoms with Crippen LogP contribution in [-0.4, -0.2) is 15.9 Å². The fourth-order valence-corrected chi connectivity index (χ4v) is 3.75. The minimum atomic E-state index is -0.437.